The molecule has 9 nitrogen and oxygen atoms in total. The molecule has 1 aliphatic rings. The second-order valence-corrected chi connectivity index (χ2v) is 7.42. The van der Waals surface area contributed by atoms with Crippen molar-refractivity contribution in [2.24, 2.45) is 0 Å². The number of carboxylic acids is 1. The minimum absolute atomic E-state index is 0.198. The highest BCUT2D eigenvalue weighted by molar-refractivity contribution is 5.88. The van der Waals surface area contributed by atoms with Gasteiger partial charge in [0.25, 0.3) is 0 Å². The van der Waals surface area contributed by atoms with Crippen LogP contribution in [0.4, 0.5) is 0 Å². The third-order valence-electron chi connectivity index (χ3n) is 5.42. The number of fused-ring (bicyclic) bond motifs is 1. The fourth-order valence-corrected chi connectivity index (χ4v) is 3.89. The molecule has 0 aliphatic carbocycles. The molecule has 1 fully saturated rings. The number of aromatic carboxylic acids is 1. The highest BCUT2D eigenvalue weighted by atomic mass is 16.5. The molecule has 1 aromatic carbocycles. The van der Waals surface area contributed by atoms with Crippen LogP contribution in [0.25, 0.3) is 22.6 Å². The van der Waals surface area contributed by atoms with E-state index in [0.29, 0.717) is 18.0 Å². The molecule has 1 saturated heterocycles. The number of likely N-dealkylation sites (tertiary alicyclic amines) is 1. The van der Waals surface area contributed by atoms with Gasteiger partial charge in [-0.1, -0.05) is 6.42 Å². The fraction of sp³-hybridized carbons (Fsp3) is 0.429. The first-order chi connectivity index (χ1) is 14.6. The zero-order chi connectivity index (χ0) is 21.1. The molecule has 0 radical (unpaired) electrons. The van der Waals surface area contributed by atoms with Crippen LogP contribution in [0.2, 0.25) is 0 Å². The van der Waals surface area contributed by atoms with Gasteiger partial charge in [-0.3, -0.25) is 0 Å². The number of rotatable bonds is 7. The Kier molecular flexibility index (Phi) is 5.80. The van der Waals surface area contributed by atoms with Crippen molar-refractivity contribution in [1.82, 2.24) is 24.4 Å². The summed E-state index contributed by atoms with van der Waals surface area (Å²) in [5, 5.41) is 19.6. The molecule has 0 atom stereocenters. The number of aromatic hydroxyl groups is 1. The lowest BCUT2D eigenvalue weighted by Crippen LogP contribution is -2.31. The third-order valence-corrected chi connectivity index (χ3v) is 5.42. The Labute approximate surface area is 174 Å². The molecule has 0 amide bonds. The van der Waals surface area contributed by atoms with Gasteiger partial charge in [-0.25, -0.2) is 14.8 Å². The maximum absolute atomic E-state index is 11.4. The van der Waals surface area contributed by atoms with Crippen LogP contribution in [0.5, 0.6) is 11.6 Å². The summed E-state index contributed by atoms with van der Waals surface area (Å²) in [7, 11) is 1.60. The molecule has 1 aliphatic heterocycles. The van der Waals surface area contributed by atoms with Gasteiger partial charge in [-0.15, -0.1) is 0 Å². The monoisotopic (exact) mass is 411 g/mol. The number of carbonyl (C=O) groups is 1. The molecule has 3 aromatic rings. The van der Waals surface area contributed by atoms with Crippen molar-refractivity contribution in [2.75, 3.05) is 26.7 Å². The van der Waals surface area contributed by atoms with Crippen LogP contribution in [-0.4, -0.2) is 67.3 Å². The lowest BCUT2D eigenvalue weighted by molar-refractivity contribution is 0.0682. The fourth-order valence-electron chi connectivity index (χ4n) is 3.89. The van der Waals surface area contributed by atoms with Gasteiger partial charge in [0.1, 0.15) is 11.6 Å². The number of aryl methyl sites for hydroxylation is 1. The number of methoxy groups -OCH3 is 1. The van der Waals surface area contributed by atoms with E-state index >= 15 is 0 Å². The average Bonchev–Trinajstić information content (AvgIpc) is 3.14. The molecule has 0 spiro atoms. The summed E-state index contributed by atoms with van der Waals surface area (Å²) in [5.41, 5.74) is 1.34. The highest BCUT2D eigenvalue weighted by Gasteiger charge is 2.21. The number of aromatic nitrogens is 4. The van der Waals surface area contributed by atoms with Gasteiger partial charge < -0.3 is 24.4 Å². The Balaban J connectivity index is 1.71. The zero-order valence-corrected chi connectivity index (χ0v) is 16.9. The molecule has 158 valence electrons. The van der Waals surface area contributed by atoms with Gasteiger partial charge in [0.05, 0.1) is 7.11 Å². The number of carboxylic acid groups (broad SMARTS) is 1. The molecule has 0 saturated carbocycles. The van der Waals surface area contributed by atoms with E-state index in [0.717, 1.165) is 37.4 Å². The van der Waals surface area contributed by atoms with E-state index in [1.165, 1.54) is 19.3 Å². The average molecular weight is 411 g/mol. The summed E-state index contributed by atoms with van der Waals surface area (Å²) >= 11 is 0. The first-order valence-corrected chi connectivity index (χ1v) is 10.1. The Morgan fingerprint density at radius 1 is 1.07 bits per heavy atom. The number of piperidine rings is 1. The van der Waals surface area contributed by atoms with Crippen molar-refractivity contribution in [3.8, 4) is 23.0 Å². The van der Waals surface area contributed by atoms with E-state index in [9.17, 15) is 15.0 Å². The van der Waals surface area contributed by atoms with Crippen molar-refractivity contribution in [2.45, 2.75) is 32.2 Å². The van der Waals surface area contributed by atoms with Crippen molar-refractivity contribution >= 4 is 17.1 Å². The largest absolute Gasteiger partial charge is 0.497 e. The zero-order valence-electron chi connectivity index (χ0n) is 16.9. The second kappa shape index (κ2) is 8.66. The number of benzene rings is 1. The predicted molar refractivity (Wildman–Crippen MR) is 111 cm³/mol. The Morgan fingerprint density at radius 2 is 1.80 bits per heavy atom. The third kappa shape index (κ3) is 4.06. The minimum atomic E-state index is -1.29. The lowest BCUT2D eigenvalue weighted by atomic mass is 10.1. The summed E-state index contributed by atoms with van der Waals surface area (Å²) in [6.45, 7) is 3.78. The van der Waals surface area contributed by atoms with Gasteiger partial charge >= 0.3 is 5.97 Å². The van der Waals surface area contributed by atoms with Gasteiger partial charge in [-0.2, -0.15) is 4.98 Å². The standard InChI is InChI=1S/C21H25N5O4/c1-30-15-8-6-14(7-9-15)18-22-16-19(23-17(21(28)29)24-20(16)27)26(18)13-5-12-25-10-3-2-4-11-25/h6-9H,2-5,10-13H2,1H3,(H,28,29)(H,23,24,27). The van der Waals surface area contributed by atoms with Gasteiger partial charge in [0.2, 0.25) is 11.7 Å². The van der Waals surface area contributed by atoms with E-state index in [1.807, 2.05) is 28.8 Å². The smallest absolute Gasteiger partial charge is 0.374 e. The predicted octanol–water partition coefficient (Wildman–Crippen LogP) is 2.78. The van der Waals surface area contributed by atoms with Crippen LogP contribution in [0, 0.1) is 0 Å². The highest BCUT2D eigenvalue weighted by Crippen LogP contribution is 2.29. The van der Waals surface area contributed by atoms with Gasteiger partial charge in [0.15, 0.2) is 11.2 Å². The summed E-state index contributed by atoms with van der Waals surface area (Å²) in [4.78, 5) is 26.2. The summed E-state index contributed by atoms with van der Waals surface area (Å²) in [6, 6.07) is 7.43. The molecule has 0 bridgehead atoms. The van der Waals surface area contributed by atoms with Gasteiger partial charge in [-0.05, 0) is 63.2 Å². The quantitative estimate of drug-likeness (QED) is 0.610. The molecule has 9 heteroatoms. The minimum Gasteiger partial charge on any atom is -0.497 e. The molecular formula is C21H25N5O4. The Hall–Kier alpha value is -3.20. The maximum atomic E-state index is 11.4. The summed E-state index contributed by atoms with van der Waals surface area (Å²) in [6.07, 6.45) is 4.61. The van der Waals surface area contributed by atoms with E-state index in [2.05, 4.69) is 19.9 Å². The van der Waals surface area contributed by atoms with Crippen molar-refractivity contribution < 1.29 is 19.7 Å². The topological polar surface area (TPSA) is 114 Å². The van der Waals surface area contributed by atoms with E-state index in [-0.39, 0.29) is 5.52 Å². The molecule has 0 unspecified atom stereocenters. The van der Waals surface area contributed by atoms with E-state index in [1.54, 1.807) is 7.11 Å². The van der Waals surface area contributed by atoms with Crippen molar-refractivity contribution in [3.05, 3.63) is 30.1 Å². The Bertz CT molecular complexity index is 1040. The number of hydrogen-bond acceptors (Lipinski definition) is 7. The first-order valence-electron chi connectivity index (χ1n) is 10.1. The van der Waals surface area contributed by atoms with Crippen LogP contribution in [0.3, 0.4) is 0 Å². The number of imidazole rings is 1. The molecule has 30 heavy (non-hydrogen) atoms. The summed E-state index contributed by atoms with van der Waals surface area (Å²) < 4.78 is 7.10. The molecule has 2 aromatic heterocycles. The number of hydrogen-bond donors (Lipinski definition) is 2. The van der Waals surface area contributed by atoms with Crippen LogP contribution in [0.15, 0.2) is 24.3 Å². The van der Waals surface area contributed by atoms with Crippen LogP contribution < -0.4 is 4.74 Å². The molecule has 4 rings (SSSR count). The molecule has 2 N–H and O–H groups in total. The molecular weight excluding hydrogens is 386 g/mol. The van der Waals surface area contributed by atoms with Crippen LogP contribution >= 0.6 is 0 Å². The van der Waals surface area contributed by atoms with Gasteiger partial charge in [0, 0.05) is 12.1 Å². The molecule has 3 heterocycles. The second-order valence-electron chi connectivity index (χ2n) is 7.42. The van der Waals surface area contributed by atoms with E-state index in [4.69, 9.17) is 4.74 Å². The first kappa shape index (κ1) is 20.1. The normalized spacial score (nSPS) is 14.8. The number of nitrogens with zero attached hydrogens (tertiary/aromatic N) is 5. The summed E-state index contributed by atoms with van der Waals surface area (Å²) in [5.74, 6) is -0.833. The lowest BCUT2D eigenvalue weighted by Gasteiger charge is -2.26. The van der Waals surface area contributed by atoms with Crippen molar-refractivity contribution in [3.63, 3.8) is 0 Å². The van der Waals surface area contributed by atoms with Crippen LogP contribution in [-0.2, 0) is 6.54 Å². The number of ether oxygens (including phenoxy) is 1. The van der Waals surface area contributed by atoms with E-state index < -0.39 is 17.7 Å². The maximum Gasteiger partial charge on any atom is 0.374 e. The Morgan fingerprint density at radius 3 is 2.47 bits per heavy atom. The van der Waals surface area contributed by atoms with Crippen LogP contribution in [0.1, 0.15) is 36.3 Å². The van der Waals surface area contributed by atoms with Crippen molar-refractivity contribution in [1.29, 1.82) is 0 Å². The SMILES string of the molecule is COc1ccc(-c2nc3c(O)nc(C(=O)O)nc3n2CCCN2CCCCC2)cc1.